The number of sulfonamides is 1. The Bertz CT molecular complexity index is 845. The Morgan fingerprint density at radius 2 is 1.67 bits per heavy atom. The van der Waals surface area contributed by atoms with Crippen LogP contribution < -0.4 is 10.0 Å². The Morgan fingerprint density at radius 1 is 0.958 bits per heavy atom. The molecule has 128 valence electrons. The fourth-order valence-electron chi connectivity index (χ4n) is 2.19. The molecule has 2 aromatic carbocycles. The van der Waals surface area contributed by atoms with Gasteiger partial charge in [-0.2, -0.15) is 0 Å². The van der Waals surface area contributed by atoms with Crippen molar-refractivity contribution in [1.82, 2.24) is 4.72 Å². The van der Waals surface area contributed by atoms with Gasteiger partial charge in [-0.05, 0) is 55.7 Å². The van der Waals surface area contributed by atoms with E-state index < -0.39 is 10.0 Å². The molecule has 2 N–H and O–H groups in total. The lowest BCUT2D eigenvalue weighted by Gasteiger charge is -2.10. The molecule has 0 fully saturated rings. The molecule has 2 aromatic rings. The number of amides is 1. The summed E-state index contributed by atoms with van der Waals surface area (Å²) in [5, 5.41) is 2.78. The number of rotatable bonds is 6. The molecule has 0 spiro atoms. The van der Waals surface area contributed by atoms with E-state index in [2.05, 4.69) is 10.0 Å². The van der Waals surface area contributed by atoms with Gasteiger partial charge in [0, 0.05) is 18.7 Å². The highest BCUT2D eigenvalue weighted by molar-refractivity contribution is 7.89. The SMILES string of the molecule is Cc1ccc(S(=O)(=O)NCCC(=O)Nc2ccccc2C)cc1C. The highest BCUT2D eigenvalue weighted by atomic mass is 32.2. The van der Waals surface area contributed by atoms with Gasteiger partial charge in [-0.15, -0.1) is 0 Å². The molecule has 24 heavy (non-hydrogen) atoms. The molecule has 0 aliphatic heterocycles. The molecule has 0 aliphatic carbocycles. The minimum absolute atomic E-state index is 0.0486. The van der Waals surface area contributed by atoms with E-state index in [4.69, 9.17) is 0 Å². The van der Waals surface area contributed by atoms with Gasteiger partial charge < -0.3 is 5.32 Å². The average molecular weight is 346 g/mol. The van der Waals surface area contributed by atoms with Gasteiger partial charge in [-0.25, -0.2) is 13.1 Å². The van der Waals surface area contributed by atoms with E-state index in [9.17, 15) is 13.2 Å². The van der Waals surface area contributed by atoms with Crippen molar-refractivity contribution in [1.29, 1.82) is 0 Å². The third-order valence-electron chi connectivity index (χ3n) is 3.85. The Hall–Kier alpha value is -2.18. The second-order valence-electron chi connectivity index (χ2n) is 5.76. The van der Waals surface area contributed by atoms with Crippen LogP contribution in [-0.4, -0.2) is 20.9 Å². The lowest BCUT2D eigenvalue weighted by atomic mass is 10.1. The van der Waals surface area contributed by atoms with Crippen molar-refractivity contribution in [2.75, 3.05) is 11.9 Å². The molecule has 0 aromatic heterocycles. The third kappa shape index (κ3) is 4.66. The largest absolute Gasteiger partial charge is 0.326 e. The van der Waals surface area contributed by atoms with Crippen LogP contribution in [0.25, 0.3) is 0 Å². The maximum atomic E-state index is 12.2. The molecule has 2 rings (SSSR count). The summed E-state index contributed by atoms with van der Waals surface area (Å²) in [6.07, 6.45) is 0.0679. The van der Waals surface area contributed by atoms with Gasteiger partial charge in [0.1, 0.15) is 0 Å². The van der Waals surface area contributed by atoms with Crippen LogP contribution in [0.4, 0.5) is 5.69 Å². The smallest absolute Gasteiger partial charge is 0.240 e. The molecule has 0 atom stereocenters. The van der Waals surface area contributed by atoms with Crippen LogP contribution in [0.2, 0.25) is 0 Å². The van der Waals surface area contributed by atoms with Gasteiger partial charge in [0.2, 0.25) is 15.9 Å². The maximum Gasteiger partial charge on any atom is 0.240 e. The standard InChI is InChI=1S/C18H22N2O3S/c1-13-8-9-16(12-15(13)3)24(22,23)19-11-10-18(21)20-17-7-5-4-6-14(17)2/h4-9,12,19H,10-11H2,1-3H3,(H,20,21). The zero-order chi connectivity index (χ0) is 17.7. The fraction of sp³-hybridized carbons (Fsp3) is 0.278. The molecule has 0 saturated heterocycles. The fourth-order valence-corrected chi connectivity index (χ4v) is 3.31. The average Bonchev–Trinajstić information content (AvgIpc) is 2.52. The quantitative estimate of drug-likeness (QED) is 0.844. The highest BCUT2D eigenvalue weighted by Crippen LogP contribution is 2.15. The topological polar surface area (TPSA) is 75.3 Å². The van der Waals surface area contributed by atoms with Crippen molar-refractivity contribution in [3.63, 3.8) is 0 Å². The number of aryl methyl sites for hydroxylation is 3. The van der Waals surface area contributed by atoms with Gasteiger partial charge in [-0.3, -0.25) is 4.79 Å². The predicted molar refractivity (Wildman–Crippen MR) is 95.5 cm³/mol. The van der Waals surface area contributed by atoms with Crippen molar-refractivity contribution in [2.24, 2.45) is 0 Å². The summed E-state index contributed by atoms with van der Waals surface area (Å²) in [6, 6.07) is 12.4. The number of hydrogen-bond donors (Lipinski definition) is 2. The molecular weight excluding hydrogens is 324 g/mol. The number of benzene rings is 2. The molecule has 0 radical (unpaired) electrons. The lowest BCUT2D eigenvalue weighted by molar-refractivity contribution is -0.116. The van der Waals surface area contributed by atoms with E-state index in [0.29, 0.717) is 0 Å². The Balaban J connectivity index is 1.92. The summed E-state index contributed by atoms with van der Waals surface area (Å²) in [5.74, 6) is -0.230. The number of hydrogen-bond acceptors (Lipinski definition) is 3. The van der Waals surface area contributed by atoms with Crippen molar-refractivity contribution < 1.29 is 13.2 Å². The monoisotopic (exact) mass is 346 g/mol. The lowest BCUT2D eigenvalue weighted by Crippen LogP contribution is -2.28. The van der Waals surface area contributed by atoms with Gasteiger partial charge in [0.15, 0.2) is 0 Å². The van der Waals surface area contributed by atoms with Crippen LogP contribution >= 0.6 is 0 Å². The zero-order valence-electron chi connectivity index (χ0n) is 14.1. The van der Waals surface area contributed by atoms with Crippen LogP contribution in [0.3, 0.4) is 0 Å². The van der Waals surface area contributed by atoms with E-state index >= 15 is 0 Å². The minimum atomic E-state index is -3.61. The van der Waals surface area contributed by atoms with E-state index in [0.717, 1.165) is 22.4 Å². The normalized spacial score (nSPS) is 11.3. The predicted octanol–water partition coefficient (Wildman–Crippen LogP) is 2.92. The maximum absolute atomic E-state index is 12.2. The zero-order valence-corrected chi connectivity index (χ0v) is 14.9. The Morgan fingerprint density at radius 3 is 2.33 bits per heavy atom. The van der Waals surface area contributed by atoms with Crippen LogP contribution in [0.1, 0.15) is 23.1 Å². The molecule has 0 unspecified atom stereocenters. The van der Waals surface area contributed by atoms with Crippen molar-refractivity contribution in [3.8, 4) is 0 Å². The Labute approximate surface area is 143 Å². The van der Waals surface area contributed by atoms with Crippen molar-refractivity contribution >= 4 is 21.6 Å². The second kappa shape index (κ2) is 7.59. The van der Waals surface area contributed by atoms with E-state index in [-0.39, 0.29) is 23.8 Å². The van der Waals surface area contributed by atoms with Crippen molar-refractivity contribution in [2.45, 2.75) is 32.1 Å². The highest BCUT2D eigenvalue weighted by Gasteiger charge is 2.15. The van der Waals surface area contributed by atoms with Crippen LogP contribution in [0.15, 0.2) is 47.4 Å². The summed E-state index contributed by atoms with van der Waals surface area (Å²) >= 11 is 0. The molecule has 0 saturated carbocycles. The first-order valence-electron chi connectivity index (χ1n) is 7.72. The van der Waals surface area contributed by atoms with E-state index in [1.807, 2.05) is 45.0 Å². The van der Waals surface area contributed by atoms with E-state index in [1.165, 1.54) is 0 Å². The summed E-state index contributed by atoms with van der Waals surface area (Å²) in [7, 11) is -3.61. The molecule has 1 amide bonds. The third-order valence-corrected chi connectivity index (χ3v) is 5.31. The summed E-state index contributed by atoms with van der Waals surface area (Å²) in [4.78, 5) is 12.2. The van der Waals surface area contributed by atoms with E-state index in [1.54, 1.807) is 18.2 Å². The molecule has 0 heterocycles. The minimum Gasteiger partial charge on any atom is -0.326 e. The number of carbonyl (C=O) groups excluding carboxylic acids is 1. The van der Waals surface area contributed by atoms with Crippen molar-refractivity contribution in [3.05, 3.63) is 59.2 Å². The first-order valence-corrected chi connectivity index (χ1v) is 9.20. The molecule has 0 aliphatic rings. The van der Waals surface area contributed by atoms with Crippen LogP contribution in [-0.2, 0) is 14.8 Å². The number of anilines is 1. The summed E-state index contributed by atoms with van der Waals surface area (Å²) < 4.78 is 27.0. The van der Waals surface area contributed by atoms with Gasteiger partial charge in [0.05, 0.1) is 4.90 Å². The van der Waals surface area contributed by atoms with Gasteiger partial charge >= 0.3 is 0 Å². The van der Waals surface area contributed by atoms with Gasteiger partial charge in [0.25, 0.3) is 0 Å². The molecule has 5 nitrogen and oxygen atoms in total. The number of nitrogens with one attached hydrogen (secondary N) is 2. The van der Waals surface area contributed by atoms with Crippen LogP contribution in [0, 0.1) is 20.8 Å². The molecule has 6 heteroatoms. The second-order valence-corrected chi connectivity index (χ2v) is 7.52. The summed E-state index contributed by atoms with van der Waals surface area (Å²) in [5.41, 5.74) is 3.64. The van der Waals surface area contributed by atoms with Crippen LogP contribution in [0.5, 0.6) is 0 Å². The first kappa shape index (κ1) is 18.2. The summed E-state index contributed by atoms with van der Waals surface area (Å²) in [6.45, 7) is 5.74. The molecular formula is C18H22N2O3S. The number of carbonyl (C=O) groups is 1. The number of para-hydroxylation sites is 1. The van der Waals surface area contributed by atoms with Gasteiger partial charge in [-0.1, -0.05) is 24.3 Å². The Kier molecular flexibility index (Phi) is 5.75. The first-order chi connectivity index (χ1) is 11.3. The molecule has 0 bridgehead atoms.